The summed E-state index contributed by atoms with van der Waals surface area (Å²) in [6.07, 6.45) is 0. The summed E-state index contributed by atoms with van der Waals surface area (Å²) in [6, 6.07) is 29.6. The lowest BCUT2D eigenvalue weighted by atomic mass is 9.99. The standard InChI is InChI=1S/C29H24NO6P/c1-34-23-17-13-21(14-18-23)28(31)27(29(32)22-15-19-24(35-2)20-16-22)30-36-37(33,25-9-5-3-6-10-25)26-11-7-4-8-12-26/h3-20H,1-2H3. The van der Waals surface area contributed by atoms with Crippen LogP contribution in [0.1, 0.15) is 20.7 Å². The molecule has 0 bridgehead atoms. The zero-order valence-corrected chi connectivity index (χ0v) is 21.1. The van der Waals surface area contributed by atoms with Gasteiger partial charge in [0.1, 0.15) is 11.5 Å². The maximum absolute atomic E-state index is 14.2. The Labute approximate surface area is 214 Å². The van der Waals surface area contributed by atoms with Crippen LogP contribution < -0.4 is 20.1 Å². The van der Waals surface area contributed by atoms with Gasteiger partial charge in [-0.2, -0.15) is 0 Å². The number of ether oxygens (including phenoxy) is 2. The highest BCUT2D eigenvalue weighted by Gasteiger charge is 2.32. The van der Waals surface area contributed by atoms with Crippen molar-refractivity contribution >= 4 is 35.3 Å². The van der Waals surface area contributed by atoms with Gasteiger partial charge in [-0.1, -0.05) is 41.6 Å². The lowest BCUT2D eigenvalue weighted by molar-refractivity contribution is 0.101. The minimum absolute atomic E-state index is 0.194. The quantitative estimate of drug-likeness (QED) is 0.0967. The summed E-state index contributed by atoms with van der Waals surface area (Å²) in [7, 11) is -0.779. The molecule has 7 nitrogen and oxygen atoms in total. The predicted molar refractivity (Wildman–Crippen MR) is 143 cm³/mol. The number of oxime groups is 1. The van der Waals surface area contributed by atoms with Crippen molar-refractivity contribution in [1.82, 2.24) is 0 Å². The van der Waals surface area contributed by atoms with Crippen molar-refractivity contribution < 1.29 is 28.3 Å². The molecule has 0 unspecified atom stereocenters. The fourth-order valence-corrected chi connectivity index (χ4v) is 5.35. The van der Waals surface area contributed by atoms with Crippen LogP contribution >= 0.6 is 7.37 Å². The Morgan fingerprint density at radius 3 is 1.32 bits per heavy atom. The molecule has 0 N–H and O–H groups in total. The van der Waals surface area contributed by atoms with Gasteiger partial charge < -0.3 is 14.1 Å². The van der Waals surface area contributed by atoms with Crippen molar-refractivity contribution in [3.05, 3.63) is 120 Å². The summed E-state index contributed by atoms with van der Waals surface area (Å²) in [4.78, 5) is 27.0. The third-order valence-corrected chi connectivity index (χ3v) is 7.84. The zero-order valence-electron chi connectivity index (χ0n) is 20.2. The predicted octanol–water partition coefficient (Wildman–Crippen LogP) is 5.07. The Bertz CT molecular complexity index is 1350. The molecule has 0 saturated carbocycles. The summed E-state index contributed by atoms with van der Waals surface area (Å²) in [5.74, 6) is -0.275. The van der Waals surface area contributed by atoms with Crippen molar-refractivity contribution in [2.45, 2.75) is 0 Å². The first-order chi connectivity index (χ1) is 18.0. The Balaban J connectivity index is 1.80. The molecule has 8 heteroatoms. The van der Waals surface area contributed by atoms with E-state index in [4.69, 9.17) is 14.1 Å². The highest BCUT2D eigenvalue weighted by molar-refractivity contribution is 7.74. The number of nitrogens with zero attached hydrogens (tertiary/aromatic N) is 1. The van der Waals surface area contributed by atoms with Crippen LogP contribution in [-0.2, 0) is 9.19 Å². The largest absolute Gasteiger partial charge is 0.497 e. The molecule has 0 heterocycles. The van der Waals surface area contributed by atoms with Crippen LogP contribution in [0.5, 0.6) is 11.5 Å². The van der Waals surface area contributed by atoms with Gasteiger partial charge in [-0.3, -0.25) is 14.2 Å². The van der Waals surface area contributed by atoms with Gasteiger partial charge in [0.25, 0.3) is 0 Å². The second-order valence-corrected chi connectivity index (χ2v) is 10.2. The van der Waals surface area contributed by atoms with E-state index < -0.39 is 24.6 Å². The first-order valence-corrected chi connectivity index (χ1v) is 12.9. The number of carbonyl (C=O) groups excluding carboxylic acids is 2. The molecule has 0 saturated heterocycles. The van der Waals surface area contributed by atoms with Gasteiger partial charge in [0.05, 0.1) is 24.8 Å². The van der Waals surface area contributed by atoms with Crippen molar-refractivity contribution in [2.75, 3.05) is 14.2 Å². The Morgan fingerprint density at radius 2 is 0.973 bits per heavy atom. The SMILES string of the molecule is COc1ccc(C(=O)C(=NOP(=O)(c2ccccc2)c2ccccc2)C(=O)c2ccc(OC)cc2)cc1. The number of hydrogen-bond acceptors (Lipinski definition) is 7. The van der Waals surface area contributed by atoms with E-state index in [1.807, 2.05) is 0 Å². The second-order valence-electron chi connectivity index (χ2n) is 7.86. The molecule has 0 radical (unpaired) electrons. The summed E-state index contributed by atoms with van der Waals surface area (Å²) in [5.41, 5.74) is -0.124. The number of Topliss-reactive ketones (excluding diaryl/α,β-unsaturated/α-hetero) is 2. The van der Waals surface area contributed by atoms with E-state index in [1.54, 1.807) is 84.9 Å². The number of methoxy groups -OCH3 is 2. The number of carbonyl (C=O) groups is 2. The summed E-state index contributed by atoms with van der Waals surface area (Å²) < 4.78 is 30.2. The molecule has 0 aliphatic heterocycles. The zero-order chi connectivity index (χ0) is 26.3. The average Bonchev–Trinajstić information content (AvgIpc) is 2.97. The van der Waals surface area contributed by atoms with Crippen molar-refractivity contribution in [3.63, 3.8) is 0 Å². The molecule has 0 fully saturated rings. The summed E-state index contributed by atoms with van der Waals surface area (Å²) >= 11 is 0. The molecule has 4 rings (SSSR count). The molecular formula is C29H24NO6P. The first-order valence-electron chi connectivity index (χ1n) is 11.3. The van der Waals surface area contributed by atoms with E-state index in [0.717, 1.165) is 0 Å². The van der Waals surface area contributed by atoms with Gasteiger partial charge in [0.15, 0.2) is 5.71 Å². The van der Waals surface area contributed by atoms with Crippen LogP contribution in [0.3, 0.4) is 0 Å². The fraction of sp³-hybridized carbons (Fsp3) is 0.0690. The molecule has 37 heavy (non-hydrogen) atoms. The van der Waals surface area contributed by atoms with Crippen LogP contribution in [0.25, 0.3) is 0 Å². The molecule has 4 aromatic rings. The minimum atomic E-state index is -3.80. The van der Waals surface area contributed by atoms with Crippen molar-refractivity contribution in [3.8, 4) is 11.5 Å². The normalized spacial score (nSPS) is 10.8. The minimum Gasteiger partial charge on any atom is -0.497 e. The van der Waals surface area contributed by atoms with Gasteiger partial charge in [-0.15, -0.1) is 0 Å². The van der Waals surface area contributed by atoms with Crippen LogP contribution in [0.4, 0.5) is 0 Å². The van der Waals surface area contributed by atoms with Gasteiger partial charge >= 0.3 is 7.37 Å². The molecule has 186 valence electrons. The van der Waals surface area contributed by atoms with Crippen LogP contribution in [0, 0.1) is 0 Å². The van der Waals surface area contributed by atoms with Gasteiger partial charge in [-0.25, -0.2) is 0 Å². The molecule has 0 aliphatic rings. The number of rotatable bonds is 10. The lowest BCUT2D eigenvalue weighted by Gasteiger charge is -2.17. The maximum Gasteiger partial charge on any atom is 0.330 e. The molecule has 4 aromatic carbocycles. The Hall–Kier alpha value is -4.48. The monoisotopic (exact) mass is 513 g/mol. The van der Waals surface area contributed by atoms with Crippen LogP contribution in [0.2, 0.25) is 0 Å². The Kier molecular flexibility index (Phi) is 7.96. The van der Waals surface area contributed by atoms with Gasteiger partial charge in [0.2, 0.25) is 11.6 Å². The number of ketones is 2. The van der Waals surface area contributed by atoms with E-state index >= 15 is 0 Å². The highest BCUT2D eigenvalue weighted by Crippen LogP contribution is 2.45. The molecule has 0 aliphatic carbocycles. The maximum atomic E-state index is 14.2. The van der Waals surface area contributed by atoms with Gasteiger partial charge in [-0.05, 0) is 72.8 Å². The number of hydrogen-bond donors (Lipinski definition) is 0. The molecular weight excluding hydrogens is 489 g/mol. The molecule has 0 atom stereocenters. The first kappa shape index (κ1) is 25.6. The van der Waals surface area contributed by atoms with E-state index in [0.29, 0.717) is 22.1 Å². The lowest BCUT2D eigenvalue weighted by Crippen LogP contribution is -2.26. The molecule has 0 amide bonds. The number of benzene rings is 4. The van der Waals surface area contributed by atoms with Crippen molar-refractivity contribution in [1.29, 1.82) is 0 Å². The second kappa shape index (κ2) is 11.5. The summed E-state index contributed by atoms with van der Waals surface area (Å²) in [5, 5.41) is 4.72. The molecule has 0 spiro atoms. The van der Waals surface area contributed by atoms with Crippen LogP contribution in [0.15, 0.2) is 114 Å². The van der Waals surface area contributed by atoms with Crippen LogP contribution in [-0.4, -0.2) is 31.5 Å². The third kappa shape index (κ3) is 5.68. The van der Waals surface area contributed by atoms with E-state index in [-0.39, 0.29) is 11.1 Å². The van der Waals surface area contributed by atoms with E-state index in [9.17, 15) is 14.2 Å². The Morgan fingerprint density at radius 1 is 0.595 bits per heavy atom. The van der Waals surface area contributed by atoms with E-state index in [2.05, 4.69) is 5.16 Å². The van der Waals surface area contributed by atoms with Crippen molar-refractivity contribution in [2.24, 2.45) is 5.16 Å². The highest BCUT2D eigenvalue weighted by atomic mass is 31.2. The summed E-state index contributed by atoms with van der Waals surface area (Å²) in [6.45, 7) is 0. The molecule has 0 aromatic heterocycles. The third-order valence-electron chi connectivity index (χ3n) is 5.57. The fourth-order valence-electron chi connectivity index (χ4n) is 3.53. The van der Waals surface area contributed by atoms with E-state index in [1.165, 1.54) is 38.5 Å². The average molecular weight is 513 g/mol. The smallest absolute Gasteiger partial charge is 0.330 e. The van der Waals surface area contributed by atoms with Gasteiger partial charge in [0, 0.05) is 11.1 Å². The topological polar surface area (TPSA) is 91.3 Å².